The Morgan fingerprint density at radius 2 is 1.92 bits per heavy atom. The third-order valence-corrected chi connectivity index (χ3v) is 6.87. The SMILES string of the molecule is CNc1ccc(Oc2ccc(Nc3ncnc4ccc(N5CCCC(C)(C)C5)nc34)c(F)c2C)cc1N=N. The van der Waals surface area contributed by atoms with Gasteiger partial charge in [0.05, 0.1) is 16.9 Å². The van der Waals surface area contributed by atoms with Crippen LogP contribution in [-0.2, 0) is 0 Å². The molecule has 0 spiro atoms. The van der Waals surface area contributed by atoms with Gasteiger partial charge >= 0.3 is 0 Å². The number of nitrogens with one attached hydrogen (secondary N) is 3. The summed E-state index contributed by atoms with van der Waals surface area (Å²) in [4.78, 5) is 15.9. The van der Waals surface area contributed by atoms with Gasteiger partial charge in [0.15, 0.2) is 11.6 Å². The van der Waals surface area contributed by atoms with Crippen LogP contribution in [0.1, 0.15) is 32.3 Å². The van der Waals surface area contributed by atoms with Crippen molar-refractivity contribution in [2.24, 2.45) is 10.5 Å². The first-order valence-electron chi connectivity index (χ1n) is 12.6. The van der Waals surface area contributed by atoms with Gasteiger partial charge in [0.2, 0.25) is 0 Å². The van der Waals surface area contributed by atoms with Crippen LogP contribution in [0.2, 0.25) is 0 Å². The molecule has 0 radical (unpaired) electrons. The number of benzene rings is 2. The van der Waals surface area contributed by atoms with E-state index in [4.69, 9.17) is 15.3 Å². The Morgan fingerprint density at radius 3 is 2.68 bits per heavy atom. The second-order valence-electron chi connectivity index (χ2n) is 10.3. The minimum atomic E-state index is -0.458. The number of fused-ring (bicyclic) bond motifs is 1. The summed E-state index contributed by atoms with van der Waals surface area (Å²) in [6, 6.07) is 12.4. The van der Waals surface area contributed by atoms with E-state index in [-0.39, 0.29) is 11.1 Å². The molecule has 1 saturated heterocycles. The van der Waals surface area contributed by atoms with Crippen molar-refractivity contribution in [2.75, 3.05) is 35.7 Å². The van der Waals surface area contributed by atoms with Gasteiger partial charge in [-0.15, -0.1) is 0 Å². The number of pyridine rings is 1. The van der Waals surface area contributed by atoms with Gasteiger partial charge in [0.1, 0.15) is 34.8 Å². The molecule has 0 bridgehead atoms. The second kappa shape index (κ2) is 10.2. The van der Waals surface area contributed by atoms with Crippen LogP contribution < -0.4 is 20.3 Å². The van der Waals surface area contributed by atoms with Gasteiger partial charge in [0.25, 0.3) is 0 Å². The second-order valence-corrected chi connectivity index (χ2v) is 10.3. The fourth-order valence-electron chi connectivity index (χ4n) is 4.82. The van der Waals surface area contributed by atoms with Crippen LogP contribution in [0.15, 0.2) is 53.9 Å². The first-order chi connectivity index (χ1) is 18.3. The van der Waals surface area contributed by atoms with Crippen molar-refractivity contribution in [3.63, 3.8) is 0 Å². The first-order valence-corrected chi connectivity index (χ1v) is 12.6. The van der Waals surface area contributed by atoms with E-state index in [1.807, 2.05) is 12.1 Å². The van der Waals surface area contributed by atoms with Crippen LogP contribution in [0.25, 0.3) is 11.0 Å². The number of rotatable bonds is 7. The quantitative estimate of drug-likeness (QED) is 0.221. The normalized spacial score (nSPS) is 14.8. The highest BCUT2D eigenvalue weighted by atomic mass is 19.1. The molecule has 2 aromatic heterocycles. The fourth-order valence-corrected chi connectivity index (χ4v) is 4.82. The molecule has 0 saturated carbocycles. The predicted octanol–water partition coefficient (Wildman–Crippen LogP) is 7.34. The smallest absolute Gasteiger partial charge is 0.160 e. The topological polar surface area (TPSA) is 111 Å². The lowest BCUT2D eigenvalue weighted by Crippen LogP contribution is -2.40. The molecule has 0 unspecified atom stereocenters. The van der Waals surface area contributed by atoms with Gasteiger partial charge in [0, 0.05) is 31.8 Å². The van der Waals surface area contributed by atoms with Crippen molar-refractivity contribution in [3.05, 3.63) is 60.2 Å². The molecule has 1 aliphatic heterocycles. The Bertz CT molecular complexity index is 1510. The van der Waals surface area contributed by atoms with E-state index in [0.717, 1.165) is 25.3 Å². The summed E-state index contributed by atoms with van der Waals surface area (Å²) in [6.07, 6.45) is 3.75. The fraction of sp³-hybridized carbons (Fsp3) is 0.321. The summed E-state index contributed by atoms with van der Waals surface area (Å²) >= 11 is 0. The molecule has 3 N–H and O–H groups in total. The van der Waals surface area contributed by atoms with Crippen molar-refractivity contribution in [3.8, 4) is 11.5 Å². The van der Waals surface area contributed by atoms with E-state index >= 15 is 4.39 Å². The highest BCUT2D eigenvalue weighted by molar-refractivity contribution is 5.88. The summed E-state index contributed by atoms with van der Waals surface area (Å²) in [5.74, 6) is 1.66. The zero-order valence-electron chi connectivity index (χ0n) is 22.0. The lowest BCUT2D eigenvalue weighted by atomic mass is 9.84. The van der Waals surface area contributed by atoms with Crippen LogP contribution in [0.5, 0.6) is 11.5 Å². The molecule has 9 nitrogen and oxygen atoms in total. The van der Waals surface area contributed by atoms with Crippen molar-refractivity contribution < 1.29 is 9.13 Å². The highest BCUT2D eigenvalue weighted by Crippen LogP contribution is 2.36. The largest absolute Gasteiger partial charge is 0.457 e. The van der Waals surface area contributed by atoms with E-state index in [2.05, 4.69) is 44.5 Å². The first kappa shape index (κ1) is 25.3. The summed E-state index contributed by atoms with van der Waals surface area (Å²) in [5, 5.41) is 9.60. The Labute approximate surface area is 221 Å². The lowest BCUT2D eigenvalue weighted by molar-refractivity contribution is 0.292. The van der Waals surface area contributed by atoms with Crippen LogP contribution in [-0.4, -0.2) is 35.1 Å². The number of halogens is 1. The zero-order chi connectivity index (χ0) is 26.9. The van der Waals surface area contributed by atoms with Crippen molar-refractivity contribution in [1.82, 2.24) is 15.0 Å². The Balaban J connectivity index is 1.42. The van der Waals surface area contributed by atoms with Crippen LogP contribution in [0.4, 0.5) is 33.1 Å². The third-order valence-electron chi connectivity index (χ3n) is 6.87. The van der Waals surface area contributed by atoms with Crippen LogP contribution >= 0.6 is 0 Å². The molecule has 0 amide bonds. The van der Waals surface area contributed by atoms with Gasteiger partial charge in [-0.2, -0.15) is 5.11 Å². The molecule has 4 aromatic rings. The average molecular weight is 515 g/mol. The van der Waals surface area contributed by atoms with Crippen molar-refractivity contribution in [2.45, 2.75) is 33.6 Å². The molecule has 0 aliphatic carbocycles. The number of aromatic nitrogens is 3. The lowest BCUT2D eigenvalue weighted by Gasteiger charge is -2.38. The van der Waals surface area contributed by atoms with E-state index < -0.39 is 5.82 Å². The van der Waals surface area contributed by atoms with Gasteiger partial charge < -0.3 is 20.3 Å². The van der Waals surface area contributed by atoms with Crippen molar-refractivity contribution in [1.29, 1.82) is 5.53 Å². The molecule has 5 rings (SSSR count). The monoisotopic (exact) mass is 514 g/mol. The van der Waals surface area contributed by atoms with Gasteiger partial charge in [-0.1, -0.05) is 13.8 Å². The van der Waals surface area contributed by atoms with Crippen LogP contribution in [0.3, 0.4) is 0 Å². The molecule has 196 valence electrons. The molecule has 1 aliphatic rings. The molecule has 1 fully saturated rings. The summed E-state index contributed by atoms with van der Waals surface area (Å²) in [5.41, 5.74) is 10.6. The molecule has 3 heterocycles. The van der Waals surface area contributed by atoms with E-state index in [9.17, 15) is 0 Å². The van der Waals surface area contributed by atoms with Crippen LogP contribution in [0, 0.1) is 23.7 Å². The number of nitrogens with zero attached hydrogens (tertiary/aromatic N) is 5. The highest BCUT2D eigenvalue weighted by Gasteiger charge is 2.27. The Morgan fingerprint density at radius 1 is 1.11 bits per heavy atom. The zero-order valence-corrected chi connectivity index (χ0v) is 22.0. The molecule has 38 heavy (non-hydrogen) atoms. The van der Waals surface area contributed by atoms with E-state index in [1.165, 1.54) is 12.7 Å². The number of hydrogen-bond donors (Lipinski definition) is 3. The number of anilines is 4. The van der Waals surface area contributed by atoms with E-state index in [1.54, 1.807) is 44.3 Å². The average Bonchev–Trinajstić information content (AvgIpc) is 2.92. The molecular formula is C28H31FN8O. The minimum absolute atomic E-state index is 0.222. The minimum Gasteiger partial charge on any atom is -0.457 e. The maximum Gasteiger partial charge on any atom is 0.160 e. The van der Waals surface area contributed by atoms with Gasteiger partial charge in [-0.3, -0.25) is 0 Å². The Kier molecular flexibility index (Phi) is 6.79. The standard InChI is InChI=1S/C28H31FN8O/c1-17-23(38-18-6-7-19(31-4)22(14-18)36-30)10-8-20(25(17)29)34-27-26-21(32-16-33-27)9-11-24(35-26)37-13-5-12-28(2,3)15-37/h6-11,14,16,30-31H,5,12-13,15H2,1-4H3,(H,32,33,34). The van der Waals surface area contributed by atoms with Gasteiger partial charge in [-0.25, -0.2) is 24.9 Å². The van der Waals surface area contributed by atoms with Gasteiger partial charge in [-0.05, 0) is 61.6 Å². The molecule has 10 heteroatoms. The molecule has 2 aromatic carbocycles. The number of ether oxygens (including phenoxy) is 1. The third kappa shape index (κ3) is 5.06. The summed E-state index contributed by atoms with van der Waals surface area (Å²) < 4.78 is 21.4. The predicted molar refractivity (Wildman–Crippen MR) is 148 cm³/mol. The summed E-state index contributed by atoms with van der Waals surface area (Å²) in [6.45, 7) is 8.07. The van der Waals surface area contributed by atoms with E-state index in [0.29, 0.717) is 45.3 Å². The number of hydrogen-bond acceptors (Lipinski definition) is 9. The maximum absolute atomic E-state index is 15.5. The maximum atomic E-state index is 15.5. The Hall–Kier alpha value is -4.34. The molecular weight excluding hydrogens is 483 g/mol. The number of piperidine rings is 1. The van der Waals surface area contributed by atoms with Crippen molar-refractivity contribution >= 4 is 39.7 Å². The molecule has 0 atom stereocenters. The summed E-state index contributed by atoms with van der Waals surface area (Å²) in [7, 11) is 1.75.